The van der Waals surface area contributed by atoms with E-state index in [9.17, 15) is 34.8 Å². The van der Waals surface area contributed by atoms with E-state index in [-0.39, 0.29) is 13.0 Å². The number of aryl methyl sites for hydroxylation is 1. The quantitative estimate of drug-likeness (QED) is 0.178. The number of hydrogen-bond acceptors (Lipinski definition) is 4. The molecule has 0 saturated heterocycles. The van der Waals surface area contributed by atoms with Gasteiger partial charge < -0.3 is 4.52 Å². The zero-order valence-corrected chi connectivity index (χ0v) is 18.0. The van der Waals surface area contributed by atoms with E-state index in [1.807, 2.05) is 0 Å². The first-order valence-corrected chi connectivity index (χ1v) is 11.2. The van der Waals surface area contributed by atoms with Crippen molar-refractivity contribution in [2.45, 2.75) is 30.6 Å². The molecule has 0 aliphatic heterocycles. The molecule has 3 rings (SSSR count). The molecule has 0 saturated carbocycles. The number of unbranched alkanes of at least 4 members (excludes halogenated alkanes) is 2. The molecule has 12 heteroatoms. The SMILES string of the molecule is CN(CCCCCc1cc(-c2cccc(F)c2)no1)S(=O)(=O)c1c(F)c(F)c(F)c(F)c1F. The second-order valence-electron chi connectivity index (χ2n) is 7.23. The molecular weight excluding hydrogens is 474 g/mol. The molecule has 0 unspecified atom stereocenters. The molecule has 1 aromatic heterocycles. The minimum Gasteiger partial charge on any atom is -0.361 e. The maximum Gasteiger partial charge on any atom is 0.248 e. The van der Waals surface area contributed by atoms with Crippen LogP contribution in [0.3, 0.4) is 0 Å². The number of rotatable bonds is 9. The summed E-state index contributed by atoms with van der Waals surface area (Å²) in [5, 5.41) is 3.87. The Hall–Kier alpha value is -2.86. The average Bonchev–Trinajstić information content (AvgIpc) is 3.25. The van der Waals surface area contributed by atoms with Crippen LogP contribution in [-0.2, 0) is 16.4 Å². The first-order valence-electron chi connectivity index (χ1n) is 9.73. The van der Waals surface area contributed by atoms with E-state index in [4.69, 9.17) is 4.52 Å². The smallest absolute Gasteiger partial charge is 0.248 e. The van der Waals surface area contributed by atoms with Gasteiger partial charge in [0.15, 0.2) is 28.2 Å². The summed E-state index contributed by atoms with van der Waals surface area (Å²) < 4.78 is 111. The van der Waals surface area contributed by atoms with Crippen LogP contribution < -0.4 is 0 Å². The van der Waals surface area contributed by atoms with Gasteiger partial charge in [0.2, 0.25) is 15.8 Å². The van der Waals surface area contributed by atoms with Gasteiger partial charge in [0.1, 0.15) is 17.3 Å². The average molecular weight is 492 g/mol. The third-order valence-corrected chi connectivity index (χ3v) is 6.79. The summed E-state index contributed by atoms with van der Waals surface area (Å²) in [6.07, 6.45) is 1.69. The van der Waals surface area contributed by atoms with Gasteiger partial charge in [-0.05, 0) is 25.0 Å². The Balaban J connectivity index is 1.56. The van der Waals surface area contributed by atoms with Gasteiger partial charge in [-0.3, -0.25) is 0 Å². The summed E-state index contributed by atoms with van der Waals surface area (Å²) in [7, 11) is -3.97. The Labute approximate surface area is 185 Å². The minimum absolute atomic E-state index is 0.216. The van der Waals surface area contributed by atoms with Crippen molar-refractivity contribution >= 4 is 10.0 Å². The lowest BCUT2D eigenvalue weighted by Crippen LogP contribution is -2.30. The maximum absolute atomic E-state index is 13.9. The fraction of sp³-hybridized carbons (Fsp3) is 0.286. The van der Waals surface area contributed by atoms with Gasteiger partial charge in [-0.2, -0.15) is 0 Å². The highest BCUT2D eigenvalue weighted by Crippen LogP contribution is 2.28. The van der Waals surface area contributed by atoms with Crippen LogP contribution in [0.2, 0.25) is 0 Å². The van der Waals surface area contributed by atoms with Gasteiger partial charge in [0, 0.05) is 31.6 Å². The van der Waals surface area contributed by atoms with Crippen molar-refractivity contribution < 1.29 is 39.3 Å². The molecule has 0 atom stereocenters. The molecule has 0 fully saturated rings. The topological polar surface area (TPSA) is 63.4 Å². The second-order valence-corrected chi connectivity index (χ2v) is 9.21. The summed E-state index contributed by atoms with van der Waals surface area (Å²) >= 11 is 0. The standard InChI is InChI=1S/C21H18F6N2O3S/c1-29(33(30,31)21-19(26)17(24)16(23)18(25)20(21)27)9-4-2-3-8-14-11-15(28-32-14)12-6-5-7-13(22)10-12/h5-7,10-11H,2-4,8-9H2,1H3. The predicted molar refractivity (Wildman–Crippen MR) is 105 cm³/mol. The lowest BCUT2D eigenvalue weighted by molar-refractivity contribution is 0.352. The van der Waals surface area contributed by atoms with Crippen molar-refractivity contribution in [3.63, 3.8) is 0 Å². The lowest BCUT2D eigenvalue weighted by Gasteiger charge is -2.18. The Morgan fingerprint density at radius 2 is 1.52 bits per heavy atom. The van der Waals surface area contributed by atoms with Gasteiger partial charge in [0.25, 0.3) is 0 Å². The van der Waals surface area contributed by atoms with E-state index in [0.29, 0.717) is 40.6 Å². The highest BCUT2D eigenvalue weighted by Gasteiger charge is 2.35. The fourth-order valence-electron chi connectivity index (χ4n) is 3.11. The molecule has 2 aromatic carbocycles. The van der Waals surface area contributed by atoms with Crippen molar-refractivity contribution in [1.29, 1.82) is 0 Å². The predicted octanol–water partition coefficient (Wildman–Crippen LogP) is 5.21. The Kier molecular flexibility index (Phi) is 7.48. The normalized spacial score (nSPS) is 12.0. The molecule has 1 heterocycles. The van der Waals surface area contributed by atoms with Crippen LogP contribution in [0.25, 0.3) is 11.3 Å². The number of nitrogens with zero attached hydrogens (tertiary/aromatic N) is 2. The van der Waals surface area contributed by atoms with Crippen LogP contribution >= 0.6 is 0 Å². The van der Waals surface area contributed by atoms with E-state index in [2.05, 4.69) is 5.16 Å². The van der Waals surface area contributed by atoms with Gasteiger partial charge in [-0.15, -0.1) is 0 Å². The van der Waals surface area contributed by atoms with Crippen molar-refractivity contribution in [3.8, 4) is 11.3 Å². The summed E-state index contributed by atoms with van der Waals surface area (Å²) in [5.41, 5.74) is 1.00. The highest BCUT2D eigenvalue weighted by molar-refractivity contribution is 7.89. The van der Waals surface area contributed by atoms with Crippen molar-refractivity contribution in [1.82, 2.24) is 9.46 Å². The molecule has 0 radical (unpaired) electrons. The van der Waals surface area contributed by atoms with Crippen LogP contribution in [-0.4, -0.2) is 31.5 Å². The van der Waals surface area contributed by atoms with Crippen molar-refractivity contribution in [3.05, 3.63) is 71.0 Å². The number of hydrogen-bond donors (Lipinski definition) is 0. The highest BCUT2D eigenvalue weighted by atomic mass is 32.2. The lowest BCUT2D eigenvalue weighted by atomic mass is 10.1. The largest absolute Gasteiger partial charge is 0.361 e. The molecule has 0 spiro atoms. The van der Waals surface area contributed by atoms with Crippen LogP contribution in [0.1, 0.15) is 25.0 Å². The van der Waals surface area contributed by atoms with Gasteiger partial charge >= 0.3 is 0 Å². The Bertz CT molecular complexity index is 1230. The first kappa shape index (κ1) is 24.8. The molecular formula is C21H18F6N2O3S. The molecule has 0 amide bonds. The summed E-state index contributed by atoms with van der Waals surface area (Å²) in [6.45, 7) is -0.216. The van der Waals surface area contributed by atoms with Crippen LogP contribution in [0.15, 0.2) is 39.8 Å². The Morgan fingerprint density at radius 3 is 2.15 bits per heavy atom. The molecule has 33 heavy (non-hydrogen) atoms. The molecule has 0 N–H and O–H groups in total. The van der Waals surface area contributed by atoms with Gasteiger partial charge in [-0.25, -0.2) is 39.1 Å². The van der Waals surface area contributed by atoms with Gasteiger partial charge in [-0.1, -0.05) is 23.7 Å². The van der Waals surface area contributed by atoms with E-state index < -0.39 is 49.8 Å². The monoisotopic (exact) mass is 492 g/mol. The van der Waals surface area contributed by atoms with E-state index in [0.717, 1.165) is 7.05 Å². The zero-order valence-electron chi connectivity index (χ0n) is 17.2. The number of benzene rings is 2. The molecule has 3 aromatic rings. The third kappa shape index (κ3) is 5.22. The Morgan fingerprint density at radius 1 is 0.879 bits per heavy atom. The summed E-state index contributed by atoms with van der Waals surface area (Å²) in [6, 6.07) is 7.46. The summed E-state index contributed by atoms with van der Waals surface area (Å²) in [4.78, 5) is -1.88. The van der Waals surface area contributed by atoms with Crippen molar-refractivity contribution in [2.75, 3.05) is 13.6 Å². The first-order chi connectivity index (χ1) is 15.5. The van der Waals surface area contributed by atoms with E-state index in [1.54, 1.807) is 12.1 Å². The van der Waals surface area contributed by atoms with Crippen LogP contribution in [0.4, 0.5) is 26.3 Å². The summed E-state index contributed by atoms with van der Waals surface area (Å²) in [5.74, 6) is -11.8. The maximum atomic E-state index is 13.9. The van der Waals surface area contributed by atoms with Crippen LogP contribution in [0.5, 0.6) is 0 Å². The van der Waals surface area contributed by atoms with Crippen LogP contribution in [0, 0.1) is 34.9 Å². The molecule has 0 aliphatic carbocycles. The van der Waals surface area contributed by atoms with Gasteiger partial charge in [0.05, 0.1) is 0 Å². The molecule has 178 valence electrons. The van der Waals surface area contributed by atoms with E-state index in [1.165, 1.54) is 18.2 Å². The third-order valence-electron chi connectivity index (χ3n) is 4.91. The zero-order chi connectivity index (χ0) is 24.3. The fourth-order valence-corrected chi connectivity index (χ4v) is 4.43. The number of sulfonamides is 1. The molecule has 5 nitrogen and oxygen atoms in total. The van der Waals surface area contributed by atoms with Crippen molar-refractivity contribution in [2.24, 2.45) is 0 Å². The van der Waals surface area contributed by atoms with E-state index >= 15 is 0 Å². The number of aromatic nitrogens is 1. The molecule has 0 bridgehead atoms. The molecule has 0 aliphatic rings. The second kappa shape index (κ2) is 9.96. The number of halogens is 6. The minimum atomic E-state index is -4.95.